The monoisotopic (exact) mass is 453 g/mol. The second-order valence-corrected chi connectivity index (χ2v) is 6.96. The highest BCUT2D eigenvalue weighted by Crippen LogP contribution is 2.49. The van der Waals surface area contributed by atoms with E-state index in [9.17, 15) is 22.9 Å². The molecule has 0 radical (unpaired) electrons. The molecule has 11 heteroatoms. The van der Waals surface area contributed by atoms with Crippen LogP contribution in [0.1, 0.15) is 23.9 Å². The Bertz CT molecular complexity index is 824. The Kier molecular flexibility index (Phi) is 6.87. The highest BCUT2D eigenvalue weighted by atomic mass is 79.9. The molecule has 3 N–H and O–H groups in total. The summed E-state index contributed by atoms with van der Waals surface area (Å²) in [6, 6.07) is 3.12. The second kappa shape index (κ2) is 8.71. The SMILES string of the molecule is CC(=O)Oc1c(C(Br)CCNS(=O)O)oc(-c2c(F)cccc2F)c1O. The fraction of sp³-hybridized carbons (Fsp3) is 0.267. The van der Waals surface area contributed by atoms with Crippen molar-refractivity contribution in [2.24, 2.45) is 0 Å². The summed E-state index contributed by atoms with van der Waals surface area (Å²) in [5.41, 5.74) is -0.612. The number of ether oxygens (including phenoxy) is 1. The summed E-state index contributed by atoms with van der Waals surface area (Å²) in [5.74, 6) is -4.48. The van der Waals surface area contributed by atoms with E-state index in [2.05, 4.69) is 20.7 Å². The van der Waals surface area contributed by atoms with Crippen molar-refractivity contribution in [3.63, 3.8) is 0 Å². The third-order valence-corrected chi connectivity index (χ3v) is 4.53. The Balaban J connectivity index is 2.47. The molecule has 0 spiro atoms. The van der Waals surface area contributed by atoms with Crippen LogP contribution in [0.3, 0.4) is 0 Å². The third-order valence-electron chi connectivity index (χ3n) is 3.21. The van der Waals surface area contributed by atoms with Crippen molar-refractivity contribution in [1.29, 1.82) is 0 Å². The summed E-state index contributed by atoms with van der Waals surface area (Å²) >= 11 is 1.01. The molecular weight excluding hydrogens is 440 g/mol. The Labute approximate surface area is 157 Å². The summed E-state index contributed by atoms with van der Waals surface area (Å²) in [6.07, 6.45) is 0.173. The first-order valence-electron chi connectivity index (χ1n) is 7.19. The number of rotatable bonds is 7. The molecule has 0 aliphatic rings. The van der Waals surface area contributed by atoms with E-state index in [0.717, 1.165) is 25.1 Å². The molecule has 1 aromatic carbocycles. The van der Waals surface area contributed by atoms with E-state index < -0.39 is 50.8 Å². The van der Waals surface area contributed by atoms with Gasteiger partial charge < -0.3 is 14.3 Å². The average molecular weight is 454 g/mol. The summed E-state index contributed by atoms with van der Waals surface area (Å²) in [4.78, 5) is 10.6. The minimum Gasteiger partial charge on any atom is -0.502 e. The predicted molar refractivity (Wildman–Crippen MR) is 92.1 cm³/mol. The van der Waals surface area contributed by atoms with Gasteiger partial charge in [-0.2, -0.15) is 0 Å². The van der Waals surface area contributed by atoms with Crippen LogP contribution < -0.4 is 9.46 Å². The van der Waals surface area contributed by atoms with Gasteiger partial charge in [0, 0.05) is 13.5 Å². The van der Waals surface area contributed by atoms with Gasteiger partial charge in [0.05, 0.1) is 10.4 Å². The second-order valence-electron chi connectivity index (χ2n) is 5.06. The van der Waals surface area contributed by atoms with E-state index >= 15 is 0 Å². The van der Waals surface area contributed by atoms with Gasteiger partial charge in [-0.15, -0.1) is 0 Å². The average Bonchev–Trinajstić information content (AvgIpc) is 2.84. The van der Waals surface area contributed by atoms with Crippen LogP contribution in [0, 0.1) is 11.6 Å². The predicted octanol–water partition coefficient (Wildman–Crippen LogP) is 3.41. The molecule has 0 aliphatic carbocycles. The number of nitrogens with one attached hydrogen (secondary N) is 1. The zero-order valence-electron chi connectivity index (χ0n) is 13.3. The molecule has 142 valence electrons. The van der Waals surface area contributed by atoms with Crippen LogP contribution >= 0.6 is 15.9 Å². The number of carbonyl (C=O) groups excluding carboxylic acids is 1. The van der Waals surface area contributed by atoms with Gasteiger partial charge in [0.25, 0.3) is 0 Å². The van der Waals surface area contributed by atoms with E-state index in [1.807, 2.05) is 0 Å². The van der Waals surface area contributed by atoms with Gasteiger partial charge >= 0.3 is 5.97 Å². The molecule has 1 aromatic heterocycles. The molecule has 1 heterocycles. The van der Waals surface area contributed by atoms with E-state index in [1.165, 1.54) is 0 Å². The number of carbonyl (C=O) groups is 1. The Morgan fingerprint density at radius 1 is 1.42 bits per heavy atom. The minimum absolute atomic E-state index is 0.0589. The maximum Gasteiger partial charge on any atom is 0.308 e. The molecule has 2 aromatic rings. The lowest BCUT2D eigenvalue weighted by Gasteiger charge is -2.08. The Morgan fingerprint density at radius 3 is 2.58 bits per heavy atom. The van der Waals surface area contributed by atoms with Crippen LogP contribution in [-0.2, 0) is 16.1 Å². The van der Waals surface area contributed by atoms with Gasteiger partial charge in [0.2, 0.25) is 22.8 Å². The van der Waals surface area contributed by atoms with Crippen LogP contribution in [0.4, 0.5) is 8.78 Å². The van der Waals surface area contributed by atoms with Crippen LogP contribution in [0.5, 0.6) is 11.5 Å². The van der Waals surface area contributed by atoms with Crippen molar-refractivity contribution in [3.05, 3.63) is 35.6 Å². The van der Waals surface area contributed by atoms with Gasteiger partial charge in [-0.3, -0.25) is 9.35 Å². The highest BCUT2D eigenvalue weighted by Gasteiger charge is 2.30. The van der Waals surface area contributed by atoms with Crippen molar-refractivity contribution in [1.82, 2.24) is 4.72 Å². The first-order chi connectivity index (χ1) is 12.2. The van der Waals surface area contributed by atoms with Crippen LogP contribution in [-0.4, -0.2) is 26.4 Å². The smallest absolute Gasteiger partial charge is 0.308 e. The molecule has 0 amide bonds. The van der Waals surface area contributed by atoms with E-state index in [-0.39, 0.29) is 24.5 Å². The number of esters is 1. The molecule has 2 atom stereocenters. The van der Waals surface area contributed by atoms with Gasteiger partial charge in [-0.1, -0.05) is 22.0 Å². The molecule has 2 unspecified atom stereocenters. The molecule has 7 nitrogen and oxygen atoms in total. The van der Waals surface area contributed by atoms with Crippen molar-refractivity contribution < 1.29 is 36.6 Å². The Hall–Kier alpha value is -1.82. The number of hydrogen-bond acceptors (Lipinski definition) is 5. The molecule has 26 heavy (non-hydrogen) atoms. The number of furan rings is 1. The standard InChI is InChI=1S/C15H14BrF2NO6S/c1-7(20)24-15-12(21)14(11-9(17)3-2-4-10(11)18)25-13(15)8(16)5-6-19-26(22)23/h2-4,8,19,21H,5-6H2,1H3,(H,22,23). The van der Waals surface area contributed by atoms with E-state index in [4.69, 9.17) is 13.7 Å². The normalized spacial score (nSPS) is 13.4. The number of alkyl halides is 1. The van der Waals surface area contributed by atoms with E-state index in [0.29, 0.717) is 0 Å². The van der Waals surface area contributed by atoms with Crippen LogP contribution in [0.25, 0.3) is 11.3 Å². The maximum atomic E-state index is 14.0. The first-order valence-corrected chi connectivity index (χ1v) is 9.21. The lowest BCUT2D eigenvalue weighted by Crippen LogP contribution is -2.18. The zero-order chi connectivity index (χ0) is 19.4. The number of halogens is 3. The molecule has 0 saturated carbocycles. The summed E-state index contributed by atoms with van der Waals surface area (Å²) in [6.45, 7) is 1.14. The summed E-state index contributed by atoms with van der Waals surface area (Å²) in [5, 5.41) is 10.3. The highest BCUT2D eigenvalue weighted by molar-refractivity contribution is 9.09. The van der Waals surface area contributed by atoms with Crippen molar-refractivity contribution in [2.45, 2.75) is 18.2 Å². The summed E-state index contributed by atoms with van der Waals surface area (Å²) in [7, 11) is 0. The first kappa shape index (κ1) is 20.5. The van der Waals surface area contributed by atoms with Crippen molar-refractivity contribution in [3.8, 4) is 22.8 Å². The molecule has 0 bridgehead atoms. The lowest BCUT2D eigenvalue weighted by atomic mass is 10.1. The number of hydrogen-bond donors (Lipinski definition) is 3. The molecule has 2 rings (SSSR count). The summed E-state index contributed by atoms with van der Waals surface area (Å²) < 4.78 is 59.9. The quantitative estimate of drug-likeness (QED) is 0.336. The molecular formula is C15H14BrF2NO6S. The fourth-order valence-electron chi connectivity index (χ4n) is 2.16. The fourth-order valence-corrected chi connectivity index (χ4v) is 2.98. The molecule has 0 fully saturated rings. The Morgan fingerprint density at radius 2 is 2.04 bits per heavy atom. The van der Waals surface area contributed by atoms with Gasteiger partial charge in [-0.25, -0.2) is 17.7 Å². The van der Waals surface area contributed by atoms with Gasteiger partial charge in [0.1, 0.15) is 11.6 Å². The number of benzene rings is 1. The van der Waals surface area contributed by atoms with Crippen molar-refractivity contribution >= 4 is 33.2 Å². The molecule has 0 aliphatic heterocycles. The third kappa shape index (κ3) is 4.67. The zero-order valence-corrected chi connectivity index (χ0v) is 15.7. The largest absolute Gasteiger partial charge is 0.502 e. The molecule has 0 saturated heterocycles. The maximum absolute atomic E-state index is 14.0. The number of aromatic hydroxyl groups is 1. The van der Waals surface area contributed by atoms with Gasteiger partial charge in [-0.05, 0) is 18.6 Å². The van der Waals surface area contributed by atoms with E-state index in [1.54, 1.807) is 0 Å². The van der Waals surface area contributed by atoms with Crippen molar-refractivity contribution in [2.75, 3.05) is 6.54 Å². The lowest BCUT2D eigenvalue weighted by molar-refractivity contribution is -0.132. The van der Waals surface area contributed by atoms with Crippen LogP contribution in [0.2, 0.25) is 0 Å². The van der Waals surface area contributed by atoms with Crippen LogP contribution in [0.15, 0.2) is 22.6 Å². The van der Waals surface area contributed by atoms with Gasteiger partial charge in [0.15, 0.2) is 11.5 Å². The topological polar surface area (TPSA) is 109 Å². The minimum atomic E-state index is -2.22.